The van der Waals surface area contributed by atoms with Crippen LogP contribution in [0.3, 0.4) is 0 Å². The van der Waals surface area contributed by atoms with Crippen molar-refractivity contribution < 1.29 is 9.53 Å². The summed E-state index contributed by atoms with van der Waals surface area (Å²) in [6.45, 7) is 1.94. The fraction of sp³-hybridized carbons (Fsp3) is 0.231. The summed E-state index contributed by atoms with van der Waals surface area (Å²) in [5.74, 6) is 0.424. The second-order valence-corrected chi connectivity index (χ2v) is 5.03. The molecule has 1 aromatic heterocycles. The van der Waals surface area contributed by atoms with Gasteiger partial charge in [0.2, 0.25) is 0 Å². The lowest BCUT2D eigenvalue weighted by Gasteiger charge is -2.08. The number of nitrogens with one attached hydrogen (secondary N) is 1. The third kappa shape index (κ3) is 3.82. The van der Waals surface area contributed by atoms with Crippen molar-refractivity contribution in [1.29, 1.82) is 0 Å². The number of carbonyl (C=O) groups excluding carboxylic acids is 1. The number of aromatic nitrogens is 2. The number of halogens is 1. The fourth-order valence-electron chi connectivity index (χ4n) is 1.55. The molecule has 19 heavy (non-hydrogen) atoms. The second-order valence-electron chi connectivity index (χ2n) is 4.17. The van der Waals surface area contributed by atoms with Crippen molar-refractivity contribution in [2.45, 2.75) is 6.92 Å². The number of aryl methyl sites for hydroxylation is 2. The monoisotopic (exact) mass is 323 g/mol. The summed E-state index contributed by atoms with van der Waals surface area (Å²) in [5.41, 5.74) is 1.78. The first-order valence-corrected chi connectivity index (χ1v) is 6.51. The predicted molar refractivity (Wildman–Crippen MR) is 76.2 cm³/mol. The van der Waals surface area contributed by atoms with Gasteiger partial charge in [0, 0.05) is 13.2 Å². The second kappa shape index (κ2) is 5.88. The highest BCUT2D eigenvalue weighted by Crippen LogP contribution is 2.25. The predicted octanol–water partition coefficient (Wildman–Crippen LogP) is 2.51. The van der Waals surface area contributed by atoms with Crippen LogP contribution >= 0.6 is 15.9 Å². The molecule has 0 saturated carbocycles. The van der Waals surface area contributed by atoms with Crippen molar-refractivity contribution in [3.05, 3.63) is 40.6 Å². The Balaban J connectivity index is 1.89. The molecule has 2 rings (SSSR count). The number of amides is 1. The first-order chi connectivity index (χ1) is 9.04. The third-order valence-electron chi connectivity index (χ3n) is 2.43. The van der Waals surface area contributed by atoms with Crippen molar-refractivity contribution in [3.8, 4) is 5.75 Å². The molecule has 2 aromatic rings. The molecule has 1 amide bonds. The maximum Gasteiger partial charge on any atom is 0.262 e. The van der Waals surface area contributed by atoms with Gasteiger partial charge in [-0.05, 0) is 40.5 Å². The summed E-state index contributed by atoms with van der Waals surface area (Å²) >= 11 is 3.40. The number of ether oxygens (including phenoxy) is 1. The highest BCUT2D eigenvalue weighted by molar-refractivity contribution is 9.10. The van der Waals surface area contributed by atoms with E-state index in [2.05, 4.69) is 26.3 Å². The molecule has 0 saturated heterocycles. The van der Waals surface area contributed by atoms with Gasteiger partial charge < -0.3 is 10.1 Å². The molecule has 1 N–H and O–H groups in total. The van der Waals surface area contributed by atoms with Crippen LogP contribution in [0.2, 0.25) is 0 Å². The molecule has 0 unspecified atom stereocenters. The van der Waals surface area contributed by atoms with E-state index in [0.717, 1.165) is 10.0 Å². The molecule has 0 atom stereocenters. The standard InChI is InChI=1S/C13H14BrN3O2/c1-9-3-4-12(11(14)5-9)19-8-13(18)16-10-6-15-17(2)7-10/h3-7H,8H2,1-2H3,(H,16,18). The van der Waals surface area contributed by atoms with Crippen LogP contribution in [0.15, 0.2) is 35.1 Å². The molecule has 0 aliphatic rings. The van der Waals surface area contributed by atoms with Crippen LogP contribution in [0.4, 0.5) is 5.69 Å². The first-order valence-electron chi connectivity index (χ1n) is 5.72. The van der Waals surface area contributed by atoms with Gasteiger partial charge in [-0.25, -0.2) is 0 Å². The van der Waals surface area contributed by atoms with E-state index in [1.54, 1.807) is 24.1 Å². The molecule has 0 spiro atoms. The number of carbonyl (C=O) groups is 1. The number of nitrogens with zero attached hydrogens (tertiary/aromatic N) is 2. The van der Waals surface area contributed by atoms with E-state index in [9.17, 15) is 4.79 Å². The van der Waals surface area contributed by atoms with Gasteiger partial charge >= 0.3 is 0 Å². The Bertz CT molecular complexity index is 595. The van der Waals surface area contributed by atoms with Gasteiger partial charge in [0.05, 0.1) is 16.4 Å². The summed E-state index contributed by atoms with van der Waals surface area (Å²) in [5, 5.41) is 6.67. The Morgan fingerprint density at radius 1 is 1.53 bits per heavy atom. The zero-order chi connectivity index (χ0) is 13.8. The SMILES string of the molecule is Cc1ccc(OCC(=O)Nc2cnn(C)c2)c(Br)c1. The van der Waals surface area contributed by atoms with Crippen molar-refractivity contribution >= 4 is 27.5 Å². The van der Waals surface area contributed by atoms with Crippen LogP contribution in [0.1, 0.15) is 5.56 Å². The minimum absolute atomic E-state index is 0.0451. The maximum atomic E-state index is 11.7. The topological polar surface area (TPSA) is 56.1 Å². The van der Waals surface area contributed by atoms with E-state index in [4.69, 9.17) is 4.74 Å². The van der Waals surface area contributed by atoms with Crippen LogP contribution in [0.25, 0.3) is 0 Å². The van der Waals surface area contributed by atoms with Gasteiger partial charge in [-0.1, -0.05) is 6.07 Å². The summed E-state index contributed by atoms with van der Waals surface area (Å²) in [4.78, 5) is 11.7. The van der Waals surface area contributed by atoms with Gasteiger partial charge in [0.15, 0.2) is 6.61 Å². The van der Waals surface area contributed by atoms with Crippen LogP contribution in [-0.2, 0) is 11.8 Å². The van der Waals surface area contributed by atoms with E-state index in [1.807, 2.05) is 25.1 Å². The summed E-state index contributed by atoms with van der Waals surface area (Å²) in [6, 6.07) is 5.70. The van der Waals surface area contributed by atoms with Crippen molar-refractivity contribution in [2.75, 3.05) is 11.9 Å². The lowest BCUT2D eigenvalue weighted by atomic mass is 10.2. The normalized spacial score (nSPS) is 10.3. The molecule has 0 radical (unpaired) electrons. The van der Waals surface area contributed by atoms with Crippen LogP contribution in [0, 0.1) is 6.92 Å². The van der Waals surface area contributed by atoms with E-state index < -0.39 is 0 Å². The van der Waals surface area contributed by atoms with Crippen molar-refractivity contribution in [2.24, 2.45) is 7.05 Å². The minimum Gasteiger partial charge on any atom is -0.483 e. The molecule has 0 aliphatic heterocycles. The Morgan fingerprint density at radius 2 is 2.32 bits per heavy atom. The van der Waals surface area contributed by atoms with Gasteiger partial charge in [0.1, 0.15) is 5.75 Å². The van der Waals surface area contributed by atoms with E-state index in [0.29, 0.717) is 11.4 Å². The minimum atomic E-state index is -0.222. The molecule has 0 aliphatic carbocycles. The Labute approximate surface area is 119 Å². The molecule has 100 valence electrons. The van der Waals surface area contributed by atoms with Crippen molar-refractivity contribution in [1.82, 2.24) is 9.78 Å². The number of hydrogen-bond donors (Lipinski definition) is 1. The molecule has 6 heteroatoms. The summed E-state index contributed by atoms with van der Waals surface area (Å²) < 4.78 is 7.90. The largest absolute Gasteiger partial charge is 0.483 e. The average Bonchev–Trinajstić information content (AvgIpc) is 2.73. The molecular formula is C13H14BrN3O2. The molecule has 1 aromatic carbocycles. The molecule has 1 heterocycles. The lowest BCUT2D eigenvalue weighted by molar-refractivity contribution is -0.118. The molecule has 0 fully saturated rings. The highest BCUT2D eigenvalue weighted by Gasteiger charge is 2.07. The van der Waals surface area contributed by atoms with E-state index in [1.165, 1.54) is 0 Å². The number of hydrogen-bond acceptors (Lipinski definition) is 3. The highest BCUT2D eigenvalue weighted by atomic mass is 79.9. The first kappa shape index (κ1) is 13.6. The number of anilines is 1. The summed E-state index contributed by atoms with van der Waals surface area (Å²) in [6.07, 6.45) is 3.30. The van der Waals surface area contributed by atoms with Crippen molar-refractivity contribution in [3.63, 3.8) is 0 Å². The van der Waals surface area contributed by atoms with Crippen LogP contribution in [0.5, 0.6) is 5.75 Å². The van der Waals surface area contributed by atoms with Gasteiger partial charge in [-0.3, -0.25) is 9.48 Å². The zero-order valence-electron chi connectivity index (χ0n) is 10.7. The van der Waals surface area contributed by atoms with Gasteiger partial charge in [0.25, 0.3) is 5.91 Å². The number of benzene rings is 1. The lowest BCUT2D eigenvalue weighted by Crippen LogP contribution is -2.20. The molecule has 0 bridgehead atoms. The Hall–Kier alpha value is -1.82. The van der Waals surface area contributed by atoms with Gasteiger partial charge in [-0.15, -0.1) is 0 Å². The van der Waals surface area contributed by atoms with Crippen LogP contribution in [-0.4, -0.2) is 22.3 Å². The third-order valence-corrected chi connectivity index (χ3v) is 3.05. The van der Waals surface area contributed by atoms with E-state index in [-0.39, 0.29) is 12.5 Å². The fourth-order valence-corrected chi connectivity index (χ4v) is 2.16. The Morgan fingerprint density at radius 3 is 2.95 bits per heavy atom. The van der Waals surface area contributed by atoms with Crippen LogP contribution < -0.4 is 10.1 Å². The van der Waals surface area contributed by atoms with E-state index >= 15 is 0 Å². The Kier molecular flexibility index (Phi) is 4.21. The zero-order valence-corrected chi connectivity index (χ0v) is 12.3. The molecule has 5 nitrogen and oxygen atoms in total. The smallest absolute Gasteiger partial charge is 0.262 e. The maximum absolute atomic E-state index is 11.7. The average molecular weight is 324 g/mol. The van der Waals surface area contributed by atoms with Gasteiger partial charge in [-0.2, -0.15) is 5.10 Å². The summed E-state index contributed by atoms with van der Waals surface area (Å²) in [7, 11) is 1.79. The number of rotatable bonds is 4. The molecular weight excluding hydrogens is 310 g/mol. The quantitative estimate of drug-likeness (QED) is 0.940.